The van der Waals surface area contributed by atoms with Crippen LogP contribution in [0.4, 0.5) is 0 Å². The maximum Gasteiger partial charge on any atom is 0.306 e. The van der Waals surface area contributed by atoms with Crippen LogP contribution in [0, 0.1) is 0 Å². The number of ether oxygens (including phenoxy) is 1. The van der Waals surface area contributed by atoms with Gasteiger partial charge in [-0.2, -0.15) is 0 Å². The fraction of sp³-hybridized carbons (Fsp3) is 0.263. The van der Waals surface area contributed by atoms with Crippen LogP contribution in [-0.4, -0.2) is 18.2 Å². The minimum atomic E-state index is -0.292. The molecule has 23 heavy (non-hydrogen) atoms. The van der Waals surface area contributed by atoms with Gasteiger partial charge in [0.05, 0.1) is 13.5 Å². The van der Waals surface area contributed by atoms with E-state index in [9.17, 15) is 9.59 Å². The summed E-state index contributed by atoms with van der Waals surface area (Å²) in [6, 6.07) is 19.5. The minimum absolute atomic E-state index is 0.0895. The molecular weight excluding hydrogens is 308 g/mol. The fourth-order valence-corrected chi connectivity index (χ4v) is 3.15. The highest BCUT2D eigenvalue weighted by molar-refractivity contribution is 8.12. The molecule has 0 fully saturated rings. The Morgan fingerprint density at radius 2 is 1.57 bits per heavy atom. The average molecular weight is 328 g/mol. The van der Waals surface area contributed by atoms with Crippen molar-refractivity contribution in [2.45, 2.75) is 24.5 Å². The smallest absolute Gasteiger partial charge is 0.306 e. The number of methoxy groups -OCH3 is 1. The van der Waals surface area contributed by atoms with Crippen LogP contribution in [-0.2, 0) is 20.1 Å². The van der Waals surface area contributed by atoms with Crippen LogP contribution in [0.1, 0.15) is 29.9 Å². The van der Waals surface area contributed by atoms with Crippen LogP contribution in [0.15, 0.2) is 60.7 Å². The van der Waals surface area contributed by atoms with Crippen molar-refractivity contribution >= 4 is 22.8 Å². The van der Waals surface area contributed by atoms with Crippen molar-refractivity contribution in [3.63, 3.8) is 0 Å². The van der Waals surface area contributed by atoms with Gasteiger partial charge in [-0.15, -0.1) is 0 Å². The monoisotopic (exact) mass is 328 g/mol. The Kier molecular flexibility index (Phi) is 6.88. The molecule has 120 valence electrons. The Morgan fingerprint density at radius 1 is 0.957 bits per heavy atom. The Bertz CT molecular complexity index is 626. The molecule has 0 saturated carbocycles. The summed E-state index contributed by atoms with van der Waals surface area (Å²) in [4.78, 5) is 23.9. The van der Waals surface area contributed by atoms with Gasteiger partial charge in [-0.3, -0.25) is 9.59 Å². The predicted molar refractivity (Wildman–Crippen MR) is 93.2 cm³/mol. The molecule has 0 aliphatic heterocycles. The van der Waals surface area contributed by atoms with Crippen molar-refractivity contribution in [1.29, 1.82) is 0 Å². The average Bonchev–Trinajstić information content (AvgIpc) is 2.61. The van der Waals surface area contributed by atoms with Gasteiger partial charge in [0.1, 0.15) is 0 Å². The summed E-state index contributed by atoms with van der Waals surface area (Å²) >= 11 is 1.30. The van der Waals surface area contributed by atoms with Gasteiger partial charge in [-0.25, -0.2) is 0 Å². The first-order chi connectivity index (χ1) is 11.2. The Balaban J connectivity index is 1.96. The summed E-state index contributed by atoms with van der Waals surface area (Å²) in [6.07, 6.45) is 0.550. The third-order valence-electron chi connectivity index (χ3n) is 3.57. The van der Waals surface area contributed by atoms with Gasteiger partial charge in [0.25, 0.3) is 0 Å². The summed E-state index contributed by atoms with van der Waals surface area (Å²) in [7, 11) is 1.37. The van der Waals surface area contributed by atoms with Crippen molar-refractivity contribution in [3.8, 4) is 0 Å². The van der Waals surface area contributed by atoms with E-state index in [1.807, 2.05) is 60.7 Å². The number of carbonyl (C=O) groups is 2. The second kappa shape index (κ2) is 9.16. The van der Waals surface area contributed by atoms with Crippen LogP contribution < -0.4 is 0 Å². The van der Waals surface area contributed by atoms with E-state index in [1.54, 1.807) is 0 Å². The summed E-state index contributed by atoms with van der Waals surface area (Å²) in [6.45, 7) is 0. The number of hydrogen-bond donors (Lipinski definition) is 0. The van der Waals surface area contributed by atoms with Crippen LogP contribution in [0.25, 0.3) is 0 Å². The van der Waals surface area contributed by atoms with E-state index < -0.39 is 0 Å². The lowest BCUT2D eigenvalue weighted by Gasteiger charge is -2.15. The Morgan fingerprint density at radius 3 is 2.17 bits per heavy atom. The van der Waals surface area contributed by atoms with Gasteiger partial charge in [0, 0.05) is 18.1 Å². The van der Waals surface area contributed by atoms with E-state index in [0.717, 1.165) is 11.1 Å². The van der Waals surface area contributed by atoms with Crippen LogP contribution in [0.5, 0.6) is 0 Å². The zero-order chi connectivity index (χ0) is 16.5. The Hall–Kier alpha value is -2.07. The number of rotatable bonds is 7. The molecule has 0 radical (unpaired) electrons. The molecular formula is C19H20O3S. The highest BCUT2D eigenvalue weighted by Crippen LogP contribution is 2.27. The molecule has 0 N–H and O–H groups in total. The van der Waals surface area contributed by atoms with Crippen LogP contribution >= 0.6 is 11.8 Å². The number of esters is 1. The lowest BCUT2D eigenvalue weighted by atomic mass is 9.93. The van der Waals surface area contributed by atoms with Gasteiger partial charge in [-0.1, -0.05) is 72.4 Å². The lowest BCUT2D eigenvalue weighted by Crippen LogP contribution is -2.11. The second-order valence-electron chi connectivity index (χ2n) is 5.24. The molecule has 0 spiro atoms. The number of carbonyl (C=O) groups excluding carboxylic acids is 2. The van der Waals surface area contributed by atoms with E-state index in [-0.39, 0.29) is 23.4 Å². The van der Waals surface area contributed by atoms with Crippen LogP contribution in [0.3, 0.4) is 0 Å². The lowest BCUT2D eigenvalue weighted by molar-refractivity contribution is -0.141. The third-order valence-corrected chi connectivity index (χ3v) is 4.53. The quantitative estimate of drug-likeness (QED) is 0.715. The minimum Gasteiger partial charge on any atom is -0.469 e. The van der Waals surface area contributed by atoms with Gasteiger partial charge in [0.15, 0.2) is 5.12 Å². The van der Waals surface area contributed by atoms with E-state index in [4.69, 9.17) is 4.74 Å². The number of benzene rings is 2. The summed E-state index contributed by atoms with van der Waals surface area (Å²) in [5, 5.41) is 0.0895. The molecule has 0 unspecified atom stereocenters. The molecule has 1 atom stereocenters. The predicted octanol–water partition coefficient (Wildman–Crippen LogP) is 4.18. The third kappa shape index (κ3) is 5.91. The molecule has 2 rings (SSSR count). The molecule has 0 aromatic heterocycles. The largest absolute Gasteiger partial charge is 0.469 e. The van der Waals surface area contributed by atoms with Crippen molar-refractivity contribution in [2.24, 2.45) is 0 Å². The number of thioether (sulfide) groups is 1. The highest BCUT2D eigenvalue weighted by atomic mass is 32.2. The molecule has 3 nitrogen and oxygen atoms in total. The van der Waals surface area contributed by atoms with Crippen molar-refractivity contribution < 1.29 is 14.3 Å². The molecule has 0 aliphatic rings. The van der Waals surface area contributed by atoms with E-state index in [1.165, 1.54) is 18.9 Å². The zero-order valence-electron chi connectivity index (χ0n) is 13.1. The molecule has 2 aromatic rings. The summed E-state index contributed by atoms with van der Waals surface area (Å²) in [5.41, 5.74) is 2.11. The Labute approximate surface area is 141 Å². The molecule has 0 aliphatic carbocycles. The molecule has 2 aromatic carbocycles. The van der Waals surface area contributed by atoms with Crippen LogP contribution in [0.2, 0.25) is 0 Å². The fourth-order valence-electron chi connectivity index (χ4n) is 2.32. The van der Waals surface area contributed by atoms with E-state index >= 15 is 0 Å². The normalized spacial score (nSPS) is 11.7. The molecule has 0 amide bonds. The summed E-state index contributed by atoms with van der Waals surface area (Å²) in [5.74, 6) is 0.221. The molecule has 0 bridgehead atoms. The van der Waals surface area contributed by atoms with Gasteiger partial charge < -0.3 is 4.74 Å². The number of hydrogen-bond acceptors (Lipinski definition) is 4. The van der Waals surface area contributed by atoms with E-state index in [0.29, 0.717) is 12.2 Å². The van der Waals surface area contributed by atoms with Gasteiger partial charge >= 0.3 is 5.97 Å². The molecule has 0 heterocycles. The first-order valence-corrected chi connectivity index (χ1v) is 8.49. The molecule has 0 saturated heterocycles. The first kappa shape index (κ1) is 17.3. The van der Waals surface area contributed by atoms with Gasteiger partial charge in [0.2, 0.25) is 0 Å². The molecule has 4 heteroatoms. The second-order valence-corrected chi connectivity index (χ2v) is 6.27. The topological polar surface area (TPSA) is 43.4 Å². The zero-order valence-corrected chi connectivity index (χ0v) is 13.9. The first-order valence-electron chi connectivity index (χ1n) is 7.50. The van der Waals surface area contributed by atoms with E-state index in [2.05, 4.69) is 0 Å². The van der Waals surface area contributed by atoms with Gasteiger partial charge in [-0.05, 0) is 11.1 Å². The maximum absolute atomic E-state index is 12.3. The SMILES string of the molecule is COC(=O)C[C@H](CC(=O)SCc1ccccc1)c1ccccc1. The van der Waals surface area contributed by atoms with Crippen molar-refractivity contribution in [3.05, 3.63) is 71.8 Å². The van der Waals surface area contributed by atoms with Crippen molar-refractivity contribution in [2.75, 3.05) is 7.11 Å². The highest BCUT2D eigenvalue weighted by Gasteiger charge is 2.20. The maximum atomic E-state index is 12.3. The standard InChI is InChI=1S/C19H20O3S/c1-22-18(20)12-17(16-10-6-3-7-11-16)13-19(21)23-14-15-8-4-2-5-9-15/h2-11,17H,12-14H2,1H3/t17-/m1/s1. The summed E-state index contributed by atoms with van der Waals surface area (Å²) < 4.78 is 4.76. The van der Waals surface area contributed by atoms with Crippen molar-refractivity contribution in [1.82, 2.24) is 0 Å².